The van der Waals surface area contributed by atoms with Crippen molar-refractivity contribution in [3.8, 4) is 41.2 Å². The maximum Gasteiger partial charge on any atom is 0.169 e. The molecular formula is C20H8Cl2N6S4. The maximum absolute atomic E-state index is 5.88. The zero-order valence-electron chi connectivity index (χ0n) is 15.7. The van der Waals surface area contributed by atoms with Crippen LogP contribution in [0.2, 0.25) is 10.0 Å². The van der Waals surface area contributed by atoms with E-state index >= 15 is 0 Å². The molecule has 0 radical (unpaired) electrons. The van der Waals surface area contributed by atoms with Crippen LogP contribution in [-0.4, -0.2) is 29.9 Å². The van der Waals surface area contributed by atoms with Crippen molar-refractivity contribution in [2.24, 2.45) is 0 Å². The molecule has 0 aliphatic carbocycles. The molecule has 6 heterocycles. The van der Waals surface area contributed by atoms with Gasteiger partial charge in [-0.1, -0.05) is 45.9 Å². The first-order valence-corrected chi connectivity index (χ1v) is 13.1. The second kappa shape index (κ2) is 8.22. The number of hydrogen-bond donors (Lipinski definition) is 0. The Labute approximate surface area is 207 Å². The van der Waals surface area contributed by atoms with Crippen LogP contribution in [0.1, 0.15) is 0 Å². The zero-order valence-corrected chi connectivity index (χ0v) is 20.5. The van der Waals surface area contributed by atoms with Crippen LogP contribution in [0.3, 0.4) is 0 Å². The highest BCUT2D eigenvalue weighted by Crippen LogP contribution is 2.42. The summed E-state index contributed by atoms with van der Waals surface area (Å²) in [7, 11) is 0. The molecule has 6 rings (SSSR count). The standard InChI is InChI=1S/C20H8Cl2N6S4/c21-9-5-23-15(24-6-9)11-1-3-13(29-11)17-27-19-20(31-17)28-18(32-19)14-4-2-12(30-14)16-25-7-10(22)8-26-16/h1-8H. The van der Waals surface area contributed by atoms with Crippen LogP contribution in [0.4, 0.5) is 0 Å². The Balaban J connectivity index is 1.27. The molecule has 0 N–H and O–H groups in total. The lowest BCUT2D eigenvalue weighted by molar-refractivity contribution is 1.19. The van der Waals surface area contributed by atoms with Crippen molar-refractivity contribution < 1.29 is 0 Å². The molecule has 0 aromatic carbocycles. The topological polar surface area (TPSA) is 77.3 Å². The Morgan fingerprint density at radius 2 is 0.875 bits per heavy atom. The quantitative estimate of drug-likeness (QED) is 0.235. The van der Waals surface area contributed by atoms with E-state index in [1.165, 1.54) is 0 Å². The molecule has 0 bridgehead atoms. The molecular weight excluding hydrogens is 523 g/mol. The van der Waals surface area contributed by atoms with Gasteiger partial charge >= 0.3 is 0 Å². The molecule has 0 saturated carbocycles. The zero-order chi connectivity index (χ0) is 21.7. The van der Waals surface area contributed by atoms with Gasteiger partial charge in [0.05, 0.1) is 29.6 Å². The third-order valence-corrected chi connectivity index (χ3v) is 9.21. The summed E-state index contributed by atoms with van der Waals surface area (Å²) in [6, 6.07) is 8.09. The fourth-order valence-electron chi connectivity index (χ4n) is 2.88. The maximum atomic E-state index is 5.88. The summed E-state index contributed by atoms with van der Waals surface area (Å²) < 4.78 is 0. The van der Waals surface area contributed by atoms with Gasteiger partial charge in [0.2, 0.25) is 0 Å². The lowest BCUT2D eigenvalue weighted by Crippen LogP contribution is -1.83. The molecule has 0 fully saturated rings. The van der Waals surface area contributed by atoms with Crippen molar-refractivity contribution in [1.82, 2.24) is 29.9 Å². The van der Waals surface area contributed by atoms with Gasteiger partial charge < -0.3 is 0 Å². The smallest absolute Gasteiger partial charge is 0.169 e. The average molecular weight is 532 g/mol. The molecule has 0 unspecified atom stereocenters. The van der Waals surface area contributed by atoms with Crippen LogP contribution in [0, 0.1) is 0 Å². The number of rotatable bonds is 4. The number of thiazole rings is 2. The highest BCUT2D eigenvalue weighted by molar-refractivity contribution is 7.32. The van der Waals surface area contributed by atoms with Crippen molar-refractivity contribution in [2.45, 2.75) is 0 Å². The Morgan fingerprint density at radius 1 is 0.500 bits per heavy atom. The molecule has 12 heteroatoms. The van der Waals surface area contributed by atoms with Crippen molar-refractivity contribution >= 4 is 78.2 Å². The van der Waals surface area contributed by atoms with E-state index in [2.05, 4.69) is 19.9 Å². The van der Waals surface area contributed by atoms with Crippen molar-refractivity contribution in [2.75, 3.05) is 0 Å². The van der Waals surface area contributed by atoms with E-state index in [0.29, 0.717) is 21.7 Å². The monoisotopic (exact) mass is 530 g/mol. The highest BCUT2D eigenvalue weighted by atomic mass is 35.5. The molecule has 6 aromatic heterocycles. The van der Waals surface area contributed by atoms with Gasteiger partial charge in [0.25, 0.3) is 0 Å². The van der Waals surface area contributed by atoms with E-state index in [1.807, 2.05) is 24.3 Å². The van der Waals surface area contributed by atoms with E-state index < -0.39 is 0 Å². The largest absolute Gasteiger partial charge is 0.234 e. The highest BCUT2D eigenvalue weighted by Gasteiger charge is 2.17. The van der Waals surface area contributed by atoms with E-state index in [1.54, 1.807) is 70.1 Å². The molecule has 0 atom stereocenters. The van der Waals surface area contributed by atoms with Crippen LogP contribution in [-0.2, 0) is 0 Å². The van der Waals surface area contributed by atoms with E-state index in [4.69, 9.17) is 33.2 Å². The molecule has 0 aliphatic heterocycles. The number of halogens is 2. The number of aromatic nitrogens is 6. The first kappa shape index (κ1) is 20.3. The minimum atomic E-state index is 0.520. The van der Waals surface area contributed by atoms with E-state index in [9.17, 15) is 0 Å². The van der Waals surface area contributed by atoms with Crippen molar-refractivity contribution in [1.29, 1.82) is 0 Å². The lowest BCUT2D eigenvalue weighted by atomic mass is 10.4. The van der Waals surface area contributed by atoms with Gasteiger partial charge in [-0.25, -0.2) is 29.9 Å². The van der Waals surface area contributed by atoms with Gasteiger partial charge in [-0.2, -0.15) is 0 Å². The average Bonchev–Trinajstić information content (AvgIpc) is 3.56. The fraction of sp³-hybridized carbons (Fsp3) is 0. The summed E-state index contributed by atoms with van der Waals surface area (Å²) in [6.07, 6.45) is 6.40. The third kappa shape index (κ3) is 3.83. The predicted octanol–water partition coefficient (Wildman–Crippen LogP) is 7.43. The lowest BCUT2D eigenvalue weighted by Gasteiger charge is -1.94. The van der Waals surface area contributed by atoms with Gasteiger partial charge in [-0.3, -0.25) is 0 Å². The van der Waals surface area contributed by atoms with Crippen LogP contribution < -0.4 is 0 Å². The van der Waals surface area contributed by atoms with Gasteiger partial charge in [-0.15, -0.1) is 22.7 Å². The minimum Gasteiger partial charge on any atom is -0.234 e. The molecule has 32 heavy (non-hydrogen) atoms. The number of thiophene rings is 2. The second-order valence-corrected chi connectivity index (χ2v) is 11.4. The Kier molecular flexibility index (Phi) is 5.21. The normalized spacial score (nSPS) is 11.4. The van der Waals surface area contributed by atoms with Crippen LogP contribution >= 0.6 is 68.5 Å². The molecule has 156 valence electrons. The fourth-order valence-corrected chi connectivity index (χ4v) is 7.13. The summed E-state index contributed by atoms with van der Waals surface area (Å²) in [6.45, 7) is 0. The SMILES string of the molecule is Clc1cnc(-c2ccc(-c3nc4sc(-c5ccc(-c6ncc(Cl)cn6)s5)nc4s3)s2)nc1. The first-order valence-electron chi connectivity index (χ1n) is 9.06. The number of hydrogen-bond acceptors (Lipinski definition) is 10. The van der Waals surface area contributed by atoms with E-state index in [-0.39, 0.29) is 0 Å². The minimum absolute atomic E-state index is 0.520. The summed E-state index contributed by atoms with van der Waals surface area (Å²) >= 11 is 18.1. The second-order valence-electron chi connectivity index (χ2n) is 6.43. The summed E-state index contributed by atoms with van der Waals surface area (Å²) in [4.78, 5) is 32.7. The molecule has 0 amide bonds. The van der Waals surface area contributed by atoms with E-state index in [0.717, 1.165) is 39.2 Å². The molecule has 0 saturated heterocycles. The van der Waals surface area contributed by atoms with Crippen molar-refractivity contribution in [3.63, 3.8) is 0 Å². The van der Waals surface area contributed by atoms with Crippen LogP contribution in [0.25, 0.3) is 50.8 Å². The molecule has 6 nitrogen and oxygen atoms in total. The Hall–Kier alpha value is -2.34. The van der Waals surface area contributed by atoms with Crippen molar-refractivity contribution in [3.05, 3.63) is 59.1 Å². The molecule has 0 aliphatic rings. The van der Waals surface area contributed by atoms with Crippen LogP contribution in [0.5, 0.6) is 0 Å². The predicted molar refractivity (Wildman–Crippen MR) is 134 cm³/mol. The van der Waals surface area contributed by atoms with Gasteiger partial charge in [0, 0.05) is 24.8 Å². The van der Waals surface area contributed by atoms with Gasteiger partial charge in [0.1, 0.15) is 10.0 Å². The first-order chi connectivity index (χ1) is 15.6. The Bertz CT molecular complexity index is 1400. The van der Waals surface area contributed by atoms with Gasteiger partial charge in [-0.05, 0) is 24.3 Å². The van der Waals surface area contributed by atoms with Gasteiger partial charge in [0.15, 0.2) is 21.3 Å². The summed E-state index contributed by atoms with van der Waals surface area (Å²) in [5.41, 5.74) is 0. The summed E-state index contributed by atoms with van der Waals surface area (Å²) in [5.74, 6) is 1.31. The number of fused-ring (bicyclic) bond motifs is 1. The third-order valence-electron chi connectivity index (χ3n) is 4.29. The molecule has 0 spiro atoms. The van der Waals surface area contributed by atoms with Crippen LogP contribution in [0.15, 0.2) is 49.1 Å². The summed E-state index contributed by atoms with van der Waals surface area (Å²) in [5, 5.41) is 2.92. The Morgan fingerprint density at radius 3 is 1.28 bits per heavy atom. The molecule has 6 aromatic rings. The number of nitrogens with zero attached hydrogens (tertiary/aromatic N) is 6.